The van der Waals surface area contributed by atoms with Crippen molar-refractivity contribution in [2.45, 2.75) is 13.3 Å². The van der Waals surface area contributed by atoms with E-state index < -0.39 is 5.97 Å². The van der Waals surface area contributed by atoms with E-state index in [4.69, 9.17) is 5.11 Å². The van der Waals surface area contributed by atoms with E-state index in [9.17, 15) is 4.79 Å². The second-order valence-corrected chi connectivity index (χ2v) is 4.90. The third-order valence-electron chi connectivity index (χ3n) is 2.89. The number of carboxylic acid groups (broad SMARTS) is 1. The van der Waals surface area contributed by atoms with Crippen LogP contribution in [0.2, 0.25) is 0 Å². The summed E-state index contributed by atoms with van der Waals surface area (Å²) in [6.45, 7) is 2.11. The summed E-state index contributed by atoms with van der Waals surface area (Å²) in [6.07, 6.45) is 1.00. The number of carboxylic acids is 1. The van der Waals surface area contributed by atoms with Crippen molar-refractivity contribution in [3.8, 4) is 11.1 Å². The van der Waals surface area contributed by atoms with Crippen LogP contribution in [0.1, 0.15) is 22.8 Å². The van der Waals surface area contributed by atoms with E-state index in [1.165, 1.54) is 5.56 Å². The molecule has 0 radical (unpaired) electrons. The second-order valence-electron chi connectivity index (χ2n) is 4.05. The Balaban J connectivity index is 2.44. The number of aryl methyl sites for hydroxylation is 1. The normalized spacial score (nSPS) is 10.3. The maximum Gasteiger partial charge on any atom is 0.336 e. The summed E-state index contributed by atoms with van der Waals surface area (Å²) in [4.78, 5) is 11.1. The van der Waals surface area contributed by atoms with Crippen molar-refractivity contribution in [3.05, 3.63) is 58.1 Å². The van der Waals surface area contributed by atoms with Crippen LogP contribution in [0.3, 0.4) is 0 Å². The van der Waals surface area contributed by atoms with Crippen LogP contribution >= 0.6 is 15.9 Å². The van der Waals surface area contributed by atoms with Gasteiger partial charge in [-0.25, -0.2) is 4.79 Å². The zero-order valence-electron chi connectivity index (χ0n) is 9.98. The fourth-order valence-corrected chi connectivity index (χ4v) is 2.22. The summed E-state index contributed by atoms with van der Waals surface area (Å²) in [5.41, 5.74) is 3.50. The van der Waals surface area contributed by atoms with Gasteiger partial charge in [-0.2, -0.15) is 0 Å². The van der Waals surface area contributed by atoms with Crippen molar-refractivity contribution in [3.63, 3.8) is 0 Å². The molecule has 92 valence electrons. The van der Waals surface area contributed by atoms with Crippen molar-refractivity contribution >= 4 is 21.9 Å². The van der Waals surface area contributed by atoms with Crippen LogP contribution in [0.4, 0.5) is 0 Å². The molecule has 0 atom stereocenters. The van der Waals surface area contributed by atoms with E-state index >= 15 is 0 Å². The maximum atomic E-state index is 11.1. The lowest BCUT2D eigenvalue weighted by Gasteiger charge is -2.06. The van der Waals surface area contributed by atoms with Crippen molar-refractivity contribution in [2.75, 3.05) is 0 Å². The van der Waals surface area contributed by atoms with Gasteiger partial charge in [0.05, 0.1) is 5.56 Å². The highest BCUT2D eigenvalue weighted by Gasteiger charge is 2.09. The Bertz CT molecular complexity index is 574. The molecular weight excluding hydrogens is 292 g/mol. The lowest BCUT2D eigenvalue weighted by atomic mass is 10.0. The Morgan fingerprint density at radius 2 is 1.72 bits per heavy atom. The van der Waals surface area contributed by atoms with Gasteiger partial charge in [0.15, 0.2) is 0 Å². The van der Waals surface area contributed by atoms with Gasteiger partial charge in [0.2, 0.25) is 0 Å². The highest BCUT2D eigenvalue weighted by Crippen LogP contribution is 2.26. The van der Waals surface area contributed by atoms with Crippen LogP contribution in [0.5, 0.6) is 0 Å². The zero-order valence-corrected chi connectivity index (χ0v) is 11.6. The molecule has 0 bridgehead atoms. The van der Waals surface area contributed by atoms with E-state index in [-0.39, 0.29) is 5.56 Å². The second kappa shape index (κ2) is 5.36. The molecule has 0 saturated heterocycles. The van der Waals surface area contributed by atoms with Crippen molar-refractivity contribution in [1.82, 2.24) is 0 Å². The van der Waals surface area contributed by atoms with Gasteiger partial charge in [-0.15, -0.1) is 0 Å². The Hall–Kier alpha value is -1.61. The number of hydrogen-bond acceptors (Lipinski definition) is 1. The summed E-state index contributed by atoms with van der Waals surface area (Å²) in [5, 5.41) is 9.09. The highest BCUT2D eigenvalue weighted by atomic mass is 79.9. The first kappa shape index (κ1) is 12.8. The molecule has 3 heteroatoms. The molecule has 0 aliphatic rings. The molecule has 18 heavy (non-hydrogen) atoms. The lowest BCUT2D eigenvalue weighted by Crippen LogP contribution is -1.97. The summed E-state index contributed by atoms with van der Waals surface area (Å²) in [6, 6.07) is 13.6. The minimum Gasteiger partial charge on any atom is -0.478 e. The molecule has 0 fully saturated rings. The summed E-state index contributed by atoms with van der Waals surface area (Å²) in [7, 11) is 0. The van der Waals surface area contributed by atoms with Gasteiger partial charge in [0.1, 0.15) is 0 Å². The van der Waals surface area contributed by atoms with Crippen molar-refractivity contribution in [1.29, 1.82) is 0 Å². The Labute approximate surface area is 114 Å². The fraction of sp³-hybridized carbons (Fsp3) is 0.133. The molecule has 2 rings (SSSR count). The maximum absolute atomic E-state index is 11.1. The van der Waals surface area contributed by atoms with Gasteiger partial charge in [0.25, 0.3) is 0 Å². The van der Waals surface area contributed by atoms with Gasteiger partial charge >= 0.3 is 5.97 Å². The standard InChI is InChI=1S/C15H13BrO2/c1-2-10-3-5-11(6-4-10)12-7-8-14(16)13(9-12)15(17)18/h3-9H,2H2,1H3,(H,17,18). The molecule has 2 aromatic carbocycles. The van der Waals surface area contributed by atoms with Crippen LogP contribution in [0.15, 0.2) is 46.9 Å². The predicted molar refractivity (Wildman–Crippen MR) is 75.9 cm³/mol. The quantitative estimate of drug-likeness (QED) is 0.914. The van der Waals surface area contributed by atoms with Crippen LogP contribution < -0.4 is 0 Å². The van der Waals surface area contributed by atoms with Gasteiger partial charge in [-0.3, -0.25) is 0 Å². The smallest absolute Gasteiger partial charge is 0.336 e. The molecule has 0 unspecified atom stereocenters. The van der Waals surface area contributed by atoms with Crippen LogP contribution in [0, 0.1) is 0 Å². The Morgan fingerprint density at radius 3 is 2.28 bits per heavy atom. The van der Waals surface area contributed by atoms with E-state index in [0.29, 0.717) is 4.47 Å². The number of aromatic carboxylic acids is 1. The minimum absolute atomic E-state index is 0.284. The zero-order chi connectivity index (χ0) is 13.1. The third-order valence-corrected chi connectivity index (χ3v) is 3.58. The average Bonchev–Trinajstić information content (AvgIpc) is 2.39. The Kier molecular flexibility index (Phi) is 3.82. The van der Waals surface area contributed by atoms with E-state index in [1.807, 2.05) is 18.2 Å². The monoisotopic (exact) mass is 304 g/mol. The lowest BCUT2D eigenvalue weighted by molar-refractivity contribution is 0.0696. The summed E-state index contributed by atoms with van der Waals surface area (Å²) in [5.74, 6) is -0.922. The van der Waals surface area contributed by atoms with E-state index in [1.54, 1.807) is 12.1 Å². The largest absolute Gasteiger partial charge is 0.478 e. The average molecular weight is 305 g/mol. The molecule has 0 aliphatic heterocycles. The molecule has 0 spiro atoms. The number of carbonyl (C=O) groups is 1. The molecule has 1 N–H and O–H groups in total. The van der Waals surface area contributed by atoms with Gasteiger partial charge in [-0.05, 0) is 51.2 Å². The molecule has 2 aromatic rings. The van der Waals surface area contributed by atoms with Crippen LogP contribution in [0.25, 0.3) is 11.1 Å². The molecular formula is C15H13BrO2. The van der Waals surface area contributed by atoms with Crippen molar-refractivity contribution in [2.24, 2.45) is 0 Å². The van der Waals surface area contributed by atoms with Crippen LogP contribution in [-0.2, 0) is 6.42 Å². The molecule has 0 amide bonds. The first-order chi connectivity index (χ1) is 8.61. The predicted octanol–water partition coefficient (Wildman–Crippen LogP) is 4.38. The highest BCUT2D eigenvalue weighted by molar-refractivity contribution is 9.10. The Morgan fingerprint density at radius 1 is 1.11 bits per heavy atom. The number of benzene rings is 2. The topological polar surface area (TPSA) is 37.3 Å². The number of hydrogen-bond donors (Lipinski definition) is 1. The van der Waals surface area contributed by atoms with Crippen molar-refractivity contribution < 1.29 is 9.90 Å². The molecule has 0 heterocycles. The van der Waals surface area contributed by atoms with Gasteiger partial charge in [-0.1, -0.05) is 37.3 Å². The summed E-state index contributed by atoms with van der Waals surface area (Å²) < 4.78 is 0.601. The third kappa shape index (κ3) is 2.62. The van der Waals surface area contributed by atoms with Gasteiger partial charge in [0, 0.05) is 4.47 Å². The van der Waals surface area contributed by atoms with E-state index in [2.05, 4.69) is 35.0 Å². The number of rotatable bonds is 3. The van der Waals surface area contributed by atoms with Gasteiger partial charge < -0.3 is 5.11 Å². The minimum atomic E-state index is -0.922. The first-order valence-electron chi connectivity index (χ1n) is 5.74. The molecule has 2 nitrogen and oxygen atoms in total. The SMILES string of the molecule is CCc1ccc(-c2ccc(Br)c(C(=O)O)c2)cc1. The van der Waals surface area contributed by atoms with E-state index in [0.717, 1.165) is 17.5 Å². The first-order valence-corrected chi connectivity index (χ1v) is 6.53. The molecule has 0 aliphatic carbocycles. The fourth-order valence-electron chi connectivity index (χ4n) is 1.80. The molecule has 0 saturated carbocycles. The molecule has 0 aromatic heterocycles. The number of halogens is 1. The summed E-state index contributed by atoms with van der Waals surface area (Å²) >= 11 is 3.25. The van der Waals surface area contributed by atoms with Crippen LogP contribution in [-0.4, -0.2) is 11.1 Å².